The van der Waals surface area contributed by atoms with Crippen molar-refractivity contribution in [2.24, 2.45) is 0 Å². The molecule has 0 amide bonds. The van der Waals surface area contributed by atoms with Crippen molar-refractivity contribution in [3.05, 3.63) is 412 Å². The maximum atomic E-state index is 6.19. The number of hydrogen-bond donors (Lipinski definition) is 0. The molecule has 0 bridgehead atoms. The second-order valence-electron chi connectivity index (χ2n) is 29.6. The molecule has 10 nitrogen and oxygen atoms in total. The van der Waals surface area contributed by atoms with E-state index in [1.165, 1.54) is 61.0 Å². The molecule has 0 atom stereocenters. The van der Waals surface area contributed by atoms with E-state index in [1.807, 2.05) is 158 Å². The molecule has 17 heteroatoms. The SMILES string of the molecule is Brc1ccc(I)cc1.Brc1ccc(N2c3ccccc3[Se]c3ccccc32)cc1.CC1(C)OB(c2ccc(-c3nc(-c4ccccc4)nc(-c4ccccc4)n3)cc2)OC1(C)C.c1ccc(-c2nc(-c3ccccc3)nc(-c3ccc(-c4ccc(N5c6ccccc6[Se]c6ccccc65)cc4)cc3)n2)cc1.c1ccc2c(c1)Cc1ccccc1[Se]2. The Hall–Kier alpha value is -10.8. The van der Waals surface area contributed by atoms with E-state index in [9.17, 15) is 0 Å². The summed E-state index contributed by atoms with van der Waals surface area (Å²) >= 11 is 10.3. The Bertz CT molecular complexity index is 6080. The van der Waals surface area contributed by atoms with Crippen molar-refractivity contribution in [2.45, 2.75) is 45.3 Å². The van der Waals surface area contributed by atoms with Crippen LogP contribution in [-0.4, -0.2) is 93.1 Å². The molecule has 4 aliphatic heterocycles. The molecule has 0 unspecified atom stereocenters. The molecule has 584 valence electrons. The van der Waals surface area contributed by atoms with Crippen LogP contribution in [-0.2, 0) is 15.7 Å². The van der Waals surface area contributed by atoms with Crippen LogP contribution in [0, 0.1) is 3.57 Å². The van der Waals surface area contributed by atoms with E-state index in [0.717, 1.165) is 71.0 Å². The van der Waals surface area contributed by atoms with Crippen molar-refractivity contribution in [1.29, 1.82) is 0 Å². The molecule has 1 saturated heterocycles. The summed E-state index contributed by atoms with van der Waals surface area (Å²) in [5.74, 6) is 3.91. The van der Waals surface area contributed by atoms with E-state index in [1.54, 1.807) is 8.92 Å². The molecule has 120 heavy (non-hydrogen) atoms. The minimum absolute atomic E-state index is 0.299. The van der Waals surface area contributed by atoms with E-state index < -0.39 is 7.12 Å². The Balaban J connectivity index is 0.000000118. The summed E-state index contributed by atoms with van der Waals surface area (Å²) in [5.41, 5.74) is 18.8. The number of benzene rings is 15. The zero-order valence-electron chi connectivity index (χ0n) is 66.0. The van der Waals surface area contributed by atoms with Crippen molar-refractivity contribution < 1.29 is 9.31 Å². The summed E-state index contributed by atoms with van der Waals surface area (Å²) < 4.78 is 24.7. The van der Waals surface area contributed by atoms with Gasteiger partial charge in [-0.3, -0.25) is 0 Å². The van der Waals surface area contributed by atoms with Crippen LogP contribution in [0.5, 0.6) is 0 Å². The van der Waals surface area contributed by atoms with E-state index >= 15 is 0 Å². The fraction of sp³-hybridized carbons (Fsp3) is 0.0680. The predicted molar refractivity (Wildman–Crippen MR) is 515 cm³/mol. The standard InChI is InChI=1S/C39H26N4Se.C27H26BN3O2.C18H12BrNSe.C13H10Se.C6H4BrI/c1-3-11-29(12-4-1)37-40-38(30-13-5-2-6-14-30)42-39(41-37)31-21-19-27(20-22-31)28-23-25-32(26-24-28)43-33-15-7-9-17-35(33)44-36-18-10-8-16-34(36)43;1-26(2)27(3,4)33-28(32-26)22-17-15-21(16-18-22)25-30-23(19-11-7-5-8-12-19)29-24(31-25)20-13-9-6-10-14-20;19-13-9-11-14(12-10-13)20-15-5-1-3-7-17(15)21-18-8-4-2-6-16(18)20;1-3-7-12-10(5-1)9-11-6-2-4-8-13(11)14-12;7-5-1-3-6(8)4-2-5/h1-26H;5-18H,1-4H3;1-12H;1-8H,9H2;1-4H. The Morgan fingerprint density at radius 2 is 0.517 bits per heavy atom. The van der Waals surface area contributed by atoms with Gasteiger partial charge in [0.25, 0.3) is 0 Å². The molecule has 6 heterocycles. The summed E-state index contributed by atoms with van der Waals surface area (Å²) in [5, 5.41) is 0. The van der Waals surface area contributed by atoms with E-state index in [0.29, 0.717) is 79.8 Å². The summed E-state index contributed by atoms with van der Waals surface area (Å²) in [4.78, 5) is 33.6. The Morgan fingerprint density at radius 3 is 0.842 bits per heavy atom. The predicted octanol–water partition coefficient (Wildman–Crippen LogP) is 21.3. The normalized spacial score (nSPS) is 13.3. The van der Waals surface area contributed by atoms with Gasteiger partial charge in [-0.25, -0.2) is 29.9 Å². The summed E-state index contributed by atoms with van der Waals surface area (Å²) in [7, 11) is -0.401. The fourth-order valence-corrected chi connectivity index (χ4v) is 21.6. The van der Waals surface area contributed by atoms with Crippen LogP contribution in [0.25, 0.3) is 79.5 Å². The van der Waals surface area contributed by atoms with Gasteiger partial charge in [-0.15, -0.1) is 0 Å². The Labute approximate surface area is 751 Å². The third-order valence-electron chi connectivity index (χ3n) is 21.0. The Kier molecular flexibility index (Phi) is 25.4. The van der Waals surface area contributed by atoms with Crippen LogP contribution in [0.4, 0.5) is 34.1 Å². The molecular formula is C103H78BBr2IN8O2Se3. The third kappa shape index (κ3) is 19.0. The van der Waals surface area contributed by atoms with Gasteiger partial charge in [0.05, 0.1) is 11.2 Å². The van der Waals surface area contributed by atoms with Gasteiger partial charge in [-0.2, -0.15) is 0 Å². The number of nitrogens with zero attached hydrogens (tertiary/aromatic N) is 8. The second-order valence-corrected chi connectivity index (χ2v) is 39.5. The van der Waals surface area contributed by atoms with Gasteiger partial charge < -0.3 is 9.31 Å². The van der Waals surface area contributed by atoms with Crippen molar-refractivity contribution in [3.8, 4) is 79.5 Å². The van der Waals surface area contributed by atoms with Gasteiger partial charge in [0, 0.05) is 35.9 Å². The first-order chi connectivity index (χ1) is 58.7. The van der Waals surface area contributed by atoms with Gasteiger partial charge in [-0.1, -0.05) is 162 Å². The van der Waals surface area contributed by atoms with Gasteiger partial charge >= 0.3 is 402 Å². The topological polar surface area (TPSA) is 102 Å². The van der Waals surface area contributed by atoms with Crippen molar-refractivity contribution in [2.75, 3.05) is 9.80 Å². The van der Waals surface area contributed by atoms with Gasteiger partial charge in [0.2, 0.25) is 0 Å². The molecule has 0 saturated carbocycles. The number of hydrogen-bond acceptors (Lipinski definition) is 10. The average Bonchev–Trinajstić information content (AvgIpc) is 0.941. The number of rotatable bonds is 10. The number of fused-ring (bicyclic) bond motifs is 6. The molecule has 15 aromatic carbocycles. The minimum atomic E-state index is -0.401. The van der Waals surface area contributed by atoms with Crippen LogP contribution in [0.15, 0.2) is 397 Å². The van der Waals surface area contributed by atoms with Gasteiger partial charge in [0.15, 0.2) is 29.1 Å². The molecule has 17 aromatic rings. The zero-order valence-corrected chi connectivity index (χ0v) is 76.5. The van der Waals surface area contributed by atoms with Crippen molar-refractivity contribution in [3.63, 3.8) is 0 Å². The van der Waals surface area contributed by atoms with Crippen LogP contribution in [0.2, 0.25) is 0 Å². The number of halogens is 3. The van der Waals surface area contributed by atoms with E-state index in [-0.39, 0.29) is 11.2 Å². The fourth-order valence-electron chi connectivity index (χ4n) is 14.1. The number of para-hydroxylation sites is 4. The molecule has 0 radical (unpaired) electrons. The van der Waals surface area contributed by atoms with Crippen molar-refractivity contribution in [1.82, 2.24) is 29.9 Å². The molecule has 4 aliphatic rings. The molecule has 2 aromatic heterocycles. The average molecular weight is 1990 g/mol. The first-order valence-corrected chi connectivity index (χ1v) is 47.2. The summed E-state index contributed by atoms with van der Waals surface area (Å²) in [6.07, 6.45) is 1.12. The molecule has 1 fully saturated rings. The van der Waals surface area contributed by atoms with Crippen LogP contribution < -0.4 is 42.0 Å². The number of anilines is 6. The quantitative estimate of drug-likeness (QED) is 0.0972. The van der Waals surface area contributed by atoms with Gasteiger partial charge in [-0.05, 0) is 80.0 Å². The first-order valence-electron chi connectivity index (χ1n) is 39.4. The van der Waals surface area contributed by atoms with Crippen LogP contribution in [0.1, 0.15) is 38.8 Å². The molecule has 21 rings (SSSR count). The zero-order chi connectivity index (χ0) is 81.9. The summed E-state index contributed by atoms with van der Waals surface area (Å²) in [6, 6.07) is 135. The molecule has 0 N–H and O–H groups in total. The van der Waals surface area contributed by atoms with Crippen LogP contribution in [0.3, 0.4) is 0 Å². The molecule has 0 aliphatic carbocycles. The Morgan fingerprint density at radius 1 is 0.275 bits per heavy atom. The second kappa shape index (κ2) is 37.4. The van der Waals surface area contributed by atoms with E-state index in [2.05, 4.69) is 322 Å². The van der Waals surface area contributed by atoms with Crippen LogP contribution >= 0.6 is 54.5 Å². The summed E-state index contributed by atoms with van der Waals surface area (Å²) in [6.45, 7) is 8.23. The molecular weight excluding hydrogens is 1920 g/mol. The first kappa shape index (κ1) is 81.5. The molecule has 0 spiro atoms. The van der Waals surface area contributed by atoms with Gasteiger partial charge in [0.1, 0.15) is 0 Å². The third-order valence-corrected chi connectivity index (χ3v) is 30.1. The van der Waals surface area contributed by atoms with E-state index in [4.69, 9.17) is 39.2 Å². The maximum absolute atomic E-state index is 6.19. The monoisotopic (exact) mass is 1990 g/mol. The number of aromatic nitrogens is 6. The van der Waals surface area contributed by atoms with Crippen molar-refractivity contribution >= 4 is 173 Å².